The van der Waals surface area contributed by atoms with E-state index in [1.165, 1.54) is 0 Å². The Hall–Kier alpha value is -2.69. The standard InChI is InChI=1S/C23H23ClN4/c1-27(2)14-6-13-25-16-19-10-12-22-23(17-7-4-3-5-8-17)26-20-15-18(24)9-11-21(20)28(19)22/h3-5,7-12,15-16H,6,13-14H2,1-2H3. The Bertz CT molecular complexity index is 1130. The molecule has 4 nitrogen and oxygen atoms in total. The van der Waals surface area contributed by atoms with E-state index in [1.807, 2.05) is 42.6 Å². The zero-order valence-corrected chi connectivity index (χ0v) is 16.9. The summed E-state index contributed by atoms with van der Waals surface area (Å²) in [7, 11) is 4.17. The molecule has 0 N–H and O–H groups in total. The van der Waals surface area contributed by atoms with Crippen molar-refractivity contribution >= 4 is 34.4 Å². The van der Waals surface area contributed by atoms with Crippen LogP contribution in [0.2, 0.25) is 5.02 Å². The Morgan fingerprint density at radius 1 is 1.04 bits per heavy atom. The summed E-state index contributed by atoms with van der Waals surface area (Å²) in [5, 5.41) is 0.685. The molecule has 2 heterocycles. The lowest BCUT2D eigenvalue weighted by Crippen LogP contribution is -2.13. The van der Waals surface area contributed by atoms with Crippen molar-refractivity contribution in [2.45, 2.75) is 6.42 Å². The highest BCUT2D eigenvalue weighted by Gasteiger charge is 2.13. The van der Waals surface area contributed by atoms with Crippen molar-refractivity contribution in [2.24, 2.45) is 4.99 Å². The van der Waals surface area contributed by atoms with Gasteiger partial charge in [-0.3, -0.25) is 4.99 Å². The van der Waals surface area contributed by atoms with E-state index in [0.29, 0.717) is 5.02 Å². The van der Waals surface area contributed by atoms with E-state index in [2.05, 4.69) is 52.7 Å². The van der Waals surface area contributed by atoms with Crippen LogP contribution in [0, 0.1) is 0 Å². The van der Waals surface area contributed by atoms with Gasteiger partial charge >= 0.3 is 0 Å². The second kappa shape index (κ2) is 8.13. The van der Waals surface area contributed by atoms with E-state index in [0.717, 1.165) is 53.0 Å². The van der Waals surface area contributed by atoms with Gasteiger partial charge in [-0.05, 0) is 57.4 Å². The Kier molecular flexibility index (Phi) is 5.42. The van der Waals surface area contributed by atoms with Gasteiger partial charge in [-0.15, -0.1) is 0 Å². The Balaban J connectivity index is 1.83. The fourth-order valence-electron chi connectivity index (χ4n) is 3.40. The lowest BCUT2D eigenvalue weighted by molar-refractivity contribution is 0.403. The lowest BCUT2D eigenvalue weighted by Gasteiger charge is -2.10. The molecule has 5 heteroatoms. The van der Waals surface area contributed by atoms with Crippen molar-refractivity contribution < 1.29 is 0 Å². The molecule has 0 saturated carbocycles. The van der Waals surface area contributed by atoms with Crippen molar-refractivity contribution in [1.29, 1.82) is 0 Å². The van der Waals surface area contributed by atoms with Crippen LogP contribution in [-0.2, 0) is 0 Å². The summed E-state index contributed by atoms with van der Waals surface area (Å²) in [6.07, 6.45) is 3.01. The van der Waals surface area contributed by atoms with Gasteiger partial charge in [0.25, 0.3) is 0 Å². The average molecular weight is 391 g/mol. The summed E-state index contributed by atoms with van der Waals surface area (Å²) in [5.41, 5.74) is 6.04. The number of hydrogen-bond donors (Lipinski definition) is 0. The Labute approximate surface area is 170 Å². The van der Waals surface area contributed by atoms with Crippen LogP contribution in [0.1, 0.15) is 12.1 Å². The molecule has 0 aliphatic rings. The highest BCUT2D eigenvalue weighted by molar-refractivity contribution is 6.31. The first kappa shape index (κ1) is 18.7. The fourth-order valence-corrected chi connectivity index (χ4v) is 3.57. The third-order valence-electron chi connectivity index (χ3n) is 4.73. The van der Waals surface area contributed by atoms with E-state index in [-0.39, 0.29) is 0 Å². The van der Waals surface area contributed by atoms with E-state index in [9.17, 15) is 0 Å². The number of nitrogens with zero attached hydrogens (tertiary/aromatic N) is 4. The molecule has 0 atom stereocenters. The van der Waals surface area contributed by atoms with Gasteiger partial charge in [0.05, 0.1) is 27.9 Å². The molecular formula is C23H23ClN4. The smallest absolute Gasteiger partial charge is 0.0950 e. The minimum Gasteiger partial charge on any atom is -0.309 e. The fraction of sp³-hybridized carbons (Fsp3) is 0.217. The maximum atomic E-state index is 6.25. The quantitative estimate of drug-likeness (QED) is 0.335. The first-order valence-electron chi connectivity index (χ1n) is 9.44. The SMILES string of the molecule is CN(C)CCCN=Cc1ccc2c(-c3ccccc3)nc3cc(Cl)ccc3n12. The first-order chi connectivity index (χ1) is 13.6. The highest BCUT2D eigenvalue weighted by Crippen LogP contribution is 2.29. The maximum Gasteiger partial charge on any atom is 0.0950 e. The topological polar surface area (TPSA) is 32.9 Å². The number of aliphatic imine (C=N–C) groups is 1. The predicted octanol–water partition coefficient (Wildman–Crippen LogP) is 5.18. The lowest BCUT2D eigenvalue weighted by atomic mass is 10.1. The molecule has 0 aliphatic carbocycles. The molecule has 4 aromatic rings. The number of hydrogen-bond acceptors (Lipinski definition) is 3. The second-order valence-electron chi connectivity index (χ2n) is 7.13. The molecule has 0 unspecified atom stereocenters. The van der Waals surface area contributed by atoms with Crippen molar-refractivity contribution in [3.05, 3.63) is 71.4 Å². The molecule has 0 saturated heterocycles. The maximum absolute atomic E-state index is 6.25. The van der Waals surface area contributed by atoms with Crippen LogP contribution in [0.3, 0.4) is 0 Å². The number of fused-ring (bicyclic) bond motifs is 3. The normalized spacial score (nSPS) is 12.0. The van der Waals surface area contributed by atoms with Crippen LogP contribution in [0.15, 0.2) is 65.7 Å². The van der Waals surface area contributed by atoms with Gasteiger partial charge in [0, 0.05) is 23.3 Å². The van der Waals surface area contributed by atoms with Gasteiger partial charge in [0.15, 0.2) is 0 Å². The van der Waals surface area contributed by atoms with Gasteiger partial charge in [-0.2, -0.15) is 0 Å². The second-order valence-corrected chi connectivity index (χ2v) is 7.57. The predicted molar refractivity (Wildman–Crippen MR) is 119 cm³/mol. The van der Waals surface area contributed by atoms with Gasteiger partial charge in [0.2, 0.25) is 0 Å². The van der Waals surface area contributed by atoms with Crippen molar-refractivity contribution in [2.75, 3.05) is 27.2 Å². The zero-order valence-electron chi connectivity index (χ0n) is 16.1. The summed E-state index contributed by atoms with van der Waals surface area (Å²) in [6.45, 7) is 1.85. The first-order valence-corrected chi connectivity index (χ1v) is 9.82. The number of aromatic nitrogens is 2. The third-order valence-corrected chi connectivity index (χ3v) is 4.96. The summed E-state index contributed by atoms with van der Waals surface area (Å²) in [4.78, 5) is 11.7. The van der Waals surface area contributed by atoms with Gasteiger partial charge < -0.3 is 9.30 Å². The van der Waals surface area contributed by atoms with E-state index >= 15 is 0 Å². The van der Waals surface area contributed by atoms with Gasteiger partial charge in [-0.25, -0.2) is 4.98 Å². The minimum atomic E-state index is 0.685. The summed E-state index contributed by atoms with van der Waals surface area (Å²) < 4.78 is 2.22. The molecule has 4 rings (SSSR count). The molecule has 2 aromatic carbocycles. The van der Waals surface area contributed by atoms with E-state index < -0.39 is 0 Å². The van der Waals surface area contributed by atoms with Crippen LogP contribution in [-0.4, -0.2) is 47.7 Å². The molecule has 28 heavy (non-hydrogen) atoms. The molecule has 142 valence electrons. The molecule has 0 spiro atoms. The average Bonchev–Trinajstić information content (AvgIpc) is 3.11. The van der Waals surface area contributed by atoms with Crippen molar-refractivity contribution in [3.8, 4) is 11.3 Å². The minimum absolute atomic E-state index is 0.685. The Morgan fingerprint density at radius 3 is 2.61 bits per heavy atom. The van der Waals surface area contributed by atoms with E-state index in [1.54, 1.807) is 0 Å². The molecule has 0 bridgehead atoms. The molecule has 0 radical (unpaired) electrons. The molecular weight excluding hydrogens is 368 g/mol. The molecule has 0 aliphatic heterocycles. The third kappa shape index (κ3) is 3.79. The monoisotopic (exact) mass is 390 g/mol. The van der Waals surface area contributed by atoms with Crippen LogP contribution in [0.25, 0.3) is 27.8 Å². The highest BCUT2D eigenvalue weighted by atomic mass is 35.5. The largest absolute Gasteiger partial charge is 0.309 e. The Morgan fingerprint density at radius 2 is 1.82 bits per heavy atom. The summed E-state index contributed by atoms with van der Waals surface area (Å²) in [6, 6.07) is 20.3. The summed E-state index contributed by atoms with van der Waals surface area (Å²) >= 11 is 6.25. The van der Waals surface area contributed by atoms with Crippen molar-refractivity contribution in [3.63, 3.8) is 0 Å². The molecule has 0 fully saturated rings. The van der Waals surface area contributed by atoms with Crippen LogP contribution in [0.5, 0.6) is 0 Å². The summed E-state index contributed by atoms with van der Waals surface area (Å²) in [5.74, 6) is 0. The molecule has 2 aromatic heterocycles. The number of halogens is 1. The van der Waals surface area contributed by atoms with E-state index in [4.69, 9.17) is 16.6 Å². The zero-order chi connectivity index (χ0) is 19.5. The van der Waals surface area contributed by atoms with Crippen LogP contribution >= 0.6 is 11.6 Å². The van der Waals surface area contributed by atoms with Crippen molar-refractivity contribution in [1.82, 2.24) is 14.3 Å². The van der Waals surface area contributed by atoms with Gasteiger partial charge in [-0.1, -0.05) is 41.9 Å². The van der Waals surface area contributed by atoms with Gasteiger partial charge in [0.1, 0.15) is 0 Å². The number of benzene rings is 2. The van der Waals surface area contributed by atoms with Crippen LogP contribution in [0.4, 0.5) is 0 Å². The number of rotatable bonds is 6. The van der Waals surface area contributed by atoms with Crippen LogP contribution < -0.4 is 0 Å². The molecule has 0 amide bonds.